The number of anilines is 1. The summed E-state index contributed by atoms with van der Waals surface area (Å²) in [6.45, 7) is 5.97. The summed E-state index contributed by atoms with van der Waals surface area (Å²) in [5.74, 6) is -0.148. The van der Waals surface area contributed by atoms with Crippen LogP contribution in [0.15, 0.2) is 36.5 Å². The minimum atomic E-state index is -0.148. The lowest BCUT2D eigenvalue weighted by Crippen LogP contribution is -2.13. The normalized spacial score (nSPS) is 11.2. The van der Waals surface area contributed by atoms with Crippen LogP contribution in [0, 0.1) is 10.5 Å². The molecule has 0 radical (unpaired) electrons. The third kappa shape index (κ3) is 3.21. The lowest BCUT2D eigenvalue weighted by molar-refractivity contribution is 0.102. The first-order valence-electron chi connectivity index (χ1n) is 7.37. The number of carbonyl (C=O) groups is 1. The Morgan fingerprint density at radius 3 is 2.61 bits per heavy atom. The number of hydrogen-bond donors (Lipinski definition) is 1. The van der Waals surface area contributed by atoms with Gasteiger partial charge in [0.05, 0.1) is 17.1 Å². The van der Waals surface area contributed by atoms with Crippen molar-refractivity contribution < 1.29 is 4.79 Å². The number of hydrogen-bond acceptors (Lipinski definition) is 3. The molecule has 0 aliphatic heterocycles. The molecule has 0 saturated carbocycles. The van der Waals surface area contributed by atoms with Crippen LogP contribution in [-0.2, 0) is 0 Å². The van der Waals surface area contributed by atoms with Crippen molar-refractivity contribution in [1.29, 1.82) is 0 Å². The van der Waals surface area contributed by atoms with Crippen molar-refractivity contribution in [2.24, 2.45) is 0 Å². The van der Waals surface area contributed by atoms with Gasteiger partial charge in [0.1, 0.15) is 0 Å². The van der Waals surface area contributed by atoms with Crippen LogP contribution in [0.3, 0.4) is 0 Å². The molecule has 23 heavy (non-hydrogen) atoms. The molecule has 118 valence electrons. The zero-order valence-corrected chi connectivity index (χ0v) is 15.3. The fourth-order valence-electron chi connectivity index (χ4n) is 2.44. The lowest BCUT2D eigenvalue weighted by Gasteiger charge is -2.09. The Morgan fingerprint density at radius 2 is 1.96 bits per heavy atom. The SMILES string of the molecule is Cc1cc(C(=O)Nc2ccc(I)cc2)c2cnn(C(C)C)c2n1. The van der Waals surface area contributed by atoms with Crippen LogP contribution in [-0.4, -0.2) is 20.7 Å². The fourth-order valence-corrected chi connectivity index (χ4v) is 2.80. The summed E-state index contributed by atoms with van der Waals surface area (Å²) < 4.78 is 2.96. The van der Waals surface area contributed by atoms with E-state index in [2.05, 4.69) is 38.0 Å². The molecule has 6 heteroatoms. The Kier molecular flexibility index (Phi) is 4.34. The van der Waals surface area contributed by atoms with Gasteiger partial charge in [-0.15, -0.1) is 0 Å². The van der Waals surface area contributed by atoms with Crippen LogP contribution in [0.1, 0.15) is 35.9 Å². The Hall–Kier alpha value is -1.96. The molecule has 0 saturated heterocycles. The monoisotopic (exact) mass is 420 g/mol. The molecule has 0 aliphatic carbocycles. The van der Waals surface area contributed by atoms with Crippen LogP contribution >= 0.6 is 22.6 Å². The number of aryl methyl sites for hydroxylation is 1. The van der Waals surface area contributed by atoms with Gasteiger partial charge in [0.25, 0.3) is 5.91 Å². The number of benzene rings is 1. The Bertz CT molecular complexity index is 868. The molecule has 0 fully saturated rings. The molecule has 0 spiro atoms. The minimum absolute atomic E-state index is 0.148. The summed E-state index contributed by atoms with van der Waals surface area (Å²) in [6, 6.07) is 9.69. The number of aromatic nitrogens is 3. The summed E-state index contributed by atoms with van der Waals surface area (Å²) in [5, 5.41) is 8.08. The van der Waals surface area contributed by atoms with Crippen molar-refractivity contribution in [3.63, 3.8) is 0 Å². The van der Waals surface area contributed by atoms with E-state index in [9.17, 15) is 4.79 Å². The van der Waals surface area contributed by atoms with E-state index in [1.54, 1.807) is 12.3 Å². The highest BCUT2D eigenvalue weighted by Gasteiger charge is 2.17. The van der Waals surface area contributed by atoms with E-state index < -0.39 is 0 Å². The van der Waals surface area contributed by atoms with Crippen molar-refractivity contribution >= 4 is 45.2 Å². The van der Waals surface area contributed by atoms with Crippen LogP contribution in [0.5, 0.6) is 0 Å². The topological polar surface area (TPSA) is 59.8 Å². The van der Waals surface area contributed by atoms with Gasteiger partial charge in [-0.25, -0.2) is 9.67 Å². The van der Waals surface area contributed by atoms with E-state index in [0.717, 1.165) is 26.0 Å². The lowest BCUT2D eigenvalue weighted by atomic mass is 10.1. The number of rotatable bonds is 3. The van der Waals surface area contributed by atoms with E-state index in [4.69, 9.17) is 0 Å². The average Bonchev–Trinajstić information content (AvgIpc) is 2.92. The molecule has 0 bridgehead atoms. The summed E-state index contributed by atoms with van der Waals surface area (Å²) in [7, 11) is 0. The average molecular weight is 420 g/mol. The van der Waals surface area contributed by atoms with Gasteiger partial charge in [-0.05, 0) is 73.7 Å². The molecule has 0 unspecified atom stereocenters. The Balaban J connectivity index is 2.01. The van der Waals surface area contributed by atoms with Gasteiger partial charge in [-0.2, -0.15) is 5.10 Å². The number of nitrogens with zero attached hydrogens (tertiary/aromatic N) is 3. The van der Waals surface area contributed by atoms with Gasteiger partial charge in [-0.1, -0.05) is 0 Å². The van der Waals surface area contributed by atoms with Gasteiger partial charge in [-0.3, -0.25) is 4.79 Å². The van der Waals surface area contributed by atoms with Gasteiger partial charge < -0.3 is 5.32 Å². The maximum atomic E-state index is 12.7. The van der Waals surface area contributed by atoms with Crippen LogP contribution in [0.4, 0.5) is 5.69 Å². The molecular formula is C17H17IN4O. The van der Waals surface area contributed by atoms with Gasteiger partial charge >= 0.3 is 0 Å². The van der Waals surface area contributed by atoms with Crippen LogP contribution in [0.25, 0.3) is 11.0 Å². The van der Waals surface area contributed by atoms with E-state index in [1.807, 2.05) is 49.7 Å². The van der Waals surface area contributed by atoms with Gasteiger partial charge in [0.15, 0.2) is 5.65 Å². The Morgan fingerprint density at radius 1 is 1.26 bits per heavy atom. The number of fused-ring (bicyclic) bond motifs is 1. The number of nitrogens with one attached hydrogen (secondary N) is 1. The summed E-state index contributed by atoms with van der Waals surface area (Å²) >= 11 is 2.23. The third-order valence-corrected chi connectivity index (χ3v) is 4.25. The van der Waals surface area contributed by atoms with Gasteiger partial charge in [0, 0.05) is 21.0 Å². The zero-order valence-electron chi connectivity index (χ0n) is 13.2. The smallest absolute Gasteiger partial charge is 0.256 e. The first-order chi connectivity index (χ1) is 11.0. The molecular weight excluding hydrogens is 403 g/mol. The number of amides is 1. The number of pyridine rings is 1. The summed E-state index contributed by atoms with van der Waals surface area (Å²) in [5.41, 5.74) is 2.91. The van der Waals surface area contributed by atoms with Crippen molar-refractivity contribution in [2.75, 3.05) is 5.32 Å². The number of halogens is 1. The van der Waals surface area contributed by atoms with Crippen molar-refractivity contribution in [2.45, 2.75) is 26.8 Å². The van der Waals surface area contributed by atoms with E-state index >= 15 is 0 Å². The second-order valence-corrected chi connectivity index (χ2v) is 6.94. The molecule has 0 atom stereocenters. The molecule has 3 rings (SSSR count). The van der Waals surface area contributed by atoms with Crippen molar-refractivity contribution in [3.8, 4) is 0 Å². The molecule has 2 heterocycles. The first kappa shape index (κ1) is 15.9. The maximum Gasteiger partial charge on any atom is 0.256 e. The second kappa shape index (κ2) is 6.27. The second-order valence-electron chi connectivity index (χ2n) is 5.69. The van der Waals surface area contributed by atoms with E-state index in [-0.39, 0.29) is 11.9 Å². The molecule has 1 N–H and O–H groups in total. The number of carbonyl (C=O) groups excluding carboxylic acids is 1. The third-order valence-electron chi connectivity index (χ3n) is 3.53. The summed E-state index contributed by atoms with van der Waals surface area (Å²) in [6.07, 6.45) is 1.71. The van der Waals surface area contributed by atoms with Gasteiger partial charge in [0.2, 0.25) is 0 Å². The van der Waals surface area contributed by atoms with Crippen molar-refractivity contribution in [3.05, 3.63) is 51.4 Å². The highest BCUT2D eigenvalue weighted by atomic mass is 127. The fraction of sp³-hybridized carbons (Fsp3) is 0.235. The Labute approximate surface area is 148 Å². The molecule has 0 aliphatic rings. The molecule has 2 aromatic heterocycles. The molecule has 5 nitrogen and oxygen atoms in total. The standard InChI is InChI=1S/C17H17IN4O/c1-10(2)22-16-15(9-19-22)14(8-11(3)20-16)17(23)21-13-6-4-12(18)5-7-13/h4-10H,1-3H3,(H,21,23). The van der Waals surface area contributed by atoms with Crippen LogP contribution < -0.4 is 5.32 Å². The molecule has 1 aromatic carbocycles. The largest absolute Gasteiger partial charge is 0.322 e. The highest BCUT2D eigenvalue weighted by molar-refractivity contribution is 14.1. The van der Waals surface area contributed by atoms with Crippen molar-refractivity contribution in [1.82, 2.24) is 14.8 Å². The van der Waals surface area contributed by atoms with E-state index in [0.29, 0.717) is 5.56 Å². The predicted molar refractivity (Wildman–Crippen MR) is 99.8 cm³/mol. The molecule has 3 aromatic rings. The quantitative estimate of drug-likeness (QED) is 0.647. The van der Waals surface area contributed by atoms with E-state index in [1.165, 1.54) is 0 Å². The maximum absolute atomic E-state index is 12.7. The predicted octanol–water partition coefficient (Wildman–Crippen LogP) is 4.18. The first-order valence-corrected chi connectivity index (χ1v) is 8.45. The minimum Gasteiger partial charge on any atom is -0.322 e. The summed E-state index contributed by atoms with van der Waals surface area (Å²) in [4.78, 5) is 17.2. The highest BCUT2D eigenvalue weighted by Crippen LogP contribution is 2.22. The molecule has 1 amide bonds. The van der Waals surface area contributed by atoms with Crippen LogP contribution in [0.2, 0.25) is 0 Å². The zero-order chi connectivity index (χ0) is 16.6.